The van der Waals surface area contributed by atoms with Crippen LogP contribution in [0.4, 0.5) is 0 Å². The van der Waals surface area contributed by atoms with Gasteiger partial charge in [-0.3, -0.25) is 4.79 Å². The van der Waals surface area contributed by atoms with E-state index in [9.17, 15) is 9.90 Å². The molecular weight excluding hydrogens is 248 g/mol. The first-order chi connectivity index (χ1) is 8.99. The van der Waals surface area contributed by atoms with Gasteiger partial charge < -0.3 is 25.2 Å². The van der Waals surface area contributed by atoms with Gasteiger partial charge in [0.25, 0.3) is 0 Å². The fourth-order valence-corrected chi connectivity index (χ4v) is 2.01. The van der Waals surface area contributed by atoms with Gasteiger partial charge in [0.2, 0.25) is 5.91 Å². The predicted octanol–water partition coefficient (Wildman–Crippen LogP) is -0.343. The molecule has 1 fully saturated rings. The molecule has 1 rings (SSSR count). The van der Waals surface area contributed by atoms with Crippen molar-refractivity contribution >= 4 is 5.91 Å². The third-order valence-electron chi connectivity index (χ3n) is 3.59. The lowest BCUT2D eigenvalue weighted by molar-refractivity contribution is -0.123. The third-order valence-corrected chi connectivity index (χ3v) is 3.59. The zero-order valence-electron chi connectivity index (χ0n) is 12.1. The van der Waals surface area contributed by atoms with E-state index in [0.717, 1.165) is 6.42 Å². The fraction of sp³-hybridized carbons (Fsp3) is 0.923. The molecule has 6 heteroatoms. The number of ether oxygens (including phenoxy) is 2. The third kappa shape index (κ3) is 5.06. The highest BCUT2D eigenvalue weighted by Crippen LogP contribution is 2.24. The summed E-state index contributed by atoms with van der Waals surface area (Å²) in [5.74, 6) is -0.0636. The fourth-order valence-electron chi connectivity index (χ4n) is 2.01. The van der Waals surface area contributed by atoms with Crippen molar-refractivity contribution in [2.45, 2.75) is 44.4 Å². The number of amides is 1. The average Bonchev–Trinajstić information content (AvgIpc) is 2.72. The second kappa shape index (κ2) is 7.79. The minimum Gasteiger partial charge on any atom is -0.386 e. The molecule has 1 heterocycles. The molecule has 112 valence electrons. The van der Waals surface area contributed by atoms with Gasteiger partial charge in [-0.2, -0.15) is 0 Å². The summed E-state index contributed by atoms with van der Waals surface area (Å²) in [4.78, 5) is 11.8. The molecule has 1 amide bonds. The number of carbonyl (C=O) groups is 1. The van der Waals surface area contributed by atoms with Gasteiger partial charge in [0, 0.05) is 39.8 Å². The molecule has 1 aliphatic rings. The van der Waals surface area contributed by atoms with E-state index in [4.69, 9.17) is 9.47 Å². The van der Waals surface area contributed by atoms with Gasteiger partial charge in [0.1, 0.15) is 5.60 Å². The summed E-state index contributed by atoms with van der Waals surface area (Å²) >= 11 is 0. The van der Waals surface area contributed by atoms with Gasteiger partial charge >= 0.3 is 0 Å². The van der Waals surface area contributed by atoms with Crippen LogP contribution >= 0.6 is 0 Å². The summed E-state index contributed by atoms with van der Waals surface area (Å²) < 4.78 is 10.3. The summed E-state index contributed by atoms with van der Waals surface area (Å²) in [5, 5.41) is 16.2. The van der Waals surface area contributed by atoms with Gasteiger partial charge in [-0.05, 0) is 20.3 Å². The molecule has 3 N–H and O–H groups in total. The summed E-state index contributed by atoms with van der Waals surface area (Å²) in [5.41, 5.74) is -0.870. The first-order valence-corrected chi connectivity index (χ1v) is 6.83. The Morgan fingerprint density at radius 2 is 2.37 bits per heavy atom. The van der Waals surface area contributed by atoms with Crippen molar-refractivity contribution in [1.29, 1.82) is 0 Å². The summed E-state index contributed by atoms with van der Waals surface area (Å²) in [7, 11) is 1.64. The number of rotatable bonds is 8. The molecule has 6 nitrogen and oxygen atoms in total. The topological polar surface area (TPSA) is 79.8 Å². The second-order valence-corrected chi connectivity index (χ2v) is 5.11. The number of hydrogen-bond donors (Lipinski definition) is 3. The van der Waals surface area contributed by atoms with Crippen LogP contribution in [-0.2, 0) is 14.3 Å². The zero-order valence-corrected chi connectivity index (χ0v) is 12.1. The van der Waals surface area contributed by atoms with Crippen LogP contribution in [0.2, 0.25) is 0 Å². The summed E-state index contributed by atoms with van der Waals surface area (Å²) in [6.45, 7) is 5.80. The molecule has 1 saturated heterocycles. The van der Waals surface area contributed by atoms with E-state index in [2.05, 4.69) is 10.6 Å². The van der Waals surface area contributed by atoms with Crippen LogP contribution in [0.3, 0.4) is 0 Å². The lowest BCUT2D eigenvalue weighted by atomic mass is 9.96. The highest BCUT2D eigenvalue weighted by atomic mass is 16.5. The van der Waals surface area contributed by atoms with Gasteiger partial charge in [0.15, 0.2) is 0 Å². The molecule has 0 aromatic rings. The minimum atomic E-state index is -0.870. The molecule has 0 aliphatic carbocycles. The first-order valence-electron chi connectivity index (χ1n) is 6.83. The van der Waals surface area contributed by atoms with Crippen LogP contribution in [0.25, 0.3) is 0 Å². The van der Waals surface area contributed by atoms with Crippen molar-refractivity contribution in [3.63, 3.8) is 0 Å². The van der Waals surface area contributed by atoms with Crippen LogP contribution < -0.4 is 10.6 Å². The van der Waals surface area contributed by atoms with Crippen LogP contribution in [0, 0.1) is 0 Å². The molecule has 0 radical (unpaired) electrons. The van der Waals surface area contributed by atoms with Crippen molar-refractivity contribution < 1.29 is 19.4 Å². The second-order valence-electron chi connectivity index (χ2n) is 5.11. The van der Waals surface area contributed by atoms with E-state index in [1.165, 1.54) is 0 Å². The quantitative estimate of drug-likeness (QED) is 0.528. The van der Waals surface area contributed by atoms with Crippen LogP contribution in [-0.4, -0.2) is 62.2 Å². The average molecular weight is 274 g/mol. The van der Waals surface area contributed by atoms with Crippen molar-refractivity contribution in [2.24, 2.45) is 0 Å². The number of hydrogen-bond acceptors (Lipinski definition) is 5. The van der Waals surface area contributed by atoms with Gasteiger partial charge in [-0.25, -0.2) is 0 Å². The largest absolute Gasteiger partial charge is 0.386 e. The Bertz CT molecular complexity index is 288. The van der Waals surface area contributed by atoms with Crippen molar-refractivity contribution in [2.75, 3.05) is 33.4 Å². The smallest absolute Gasteiger partial charge is 0.236 e. The molecular formula is C13H26N2O4. The Morgan fingerprint density at radius 3 is 2.95 bits per heavy atom. The summed E-state index contributed by atoms with van der Waals surface area (Å²) in [6, 6.07) is -0.334. The summed E-state index contributed by atoms with van der Waals surface area (Å²) in [6.07, 6.45) is 1.20. The lowest BCUT2D eigenvalue weighted by Gasteiger charge is -2.27. The van der Waals surface area contributed by atoms with E-state index < -0.39 is 5.60 Å². The molecule has 19 heavy (non-hydrogen) atoms. The molecule has 1 aliphatic heterocycles. The molecule has 0 aromatic heterocycles. The lowest BCUT2D eigenvalue weighted by Crippen LogP contribution is -2.51. The Morgan fingerprint density at radius 1 is 1.63 bits per heavy atom. The number of nitrogens with one attached hydrogen (secondary N) is 2. The predicted molar refractivity (Wildman–Crippen MR) is 71.9 cm³/mol. The Balaban J connectivity index is 2.22. The molecule has 3 atom stereocenters. The highest BCUT2D eigenvalue weighted by Gasteiger charge is 2.39. The van der Waals surface area contributed by atoms with E-state index in [-0.39, 0.29) is 18.1 Å². The molecule has 0 aromatic carbocycles. The number of carbonyl (C=O) groups excluding carboxylic acids is 1. The highest BCUT2D eigenvalue weighted by molar-refractivity contribution is 5.81. The SMILES string of the molecule is COCCCNC(=O)C(C)NCC1(O)CCOC1C. The van der Waals surface area contributed by atoms with Crippen LogP contribution in [0.1, 0.15) is 26.7 Å². The molecule has 0 spiro atoms. The van der Waals surface area contributed by atoms with Crippen LogP contribution in [0.5, 0.6) is 0 Å². The zero-order chi connectivity index (χ0) is 14.3. The maximum atomic E-state index is 11.8. The van der Waals surface area contributed by atoms with Gasteiger partial charge in [0.05, 0.1) is 12.1 Å². The van der Waals surface area contributed by atoms with E-state index >= 15 is 0 Å². The van der Waals surface area contributed by atoms with Gasteiger partial charge in [-0.1, -0.05) is 0 Å². The Hall–Kier alpha value is -0.690. The first kappa shape index (κ1) is 16.4. The Labute approximate surface area is 114 Å². The molecule has 0 bridgehead atoms. The van der Waals surface area contributed by atoms with E-state index in [1.54, 1.807) is 14.0 Å². The minimum absolute atomic E-state index is 0.0636. The normalized spacial score (nSPS) is 28.3. The monoisotopic (exact) mass is 274 g/mol. The Kier molecular flexibility index (Phi) is 6.71. The maximum absolute atomic E-state index is 11.8. The molecule has 3 unspecified atom stereocenters. The van der Waals surface area contributed by atoms with Crippen molar-refractivity contribution in [3.8, 4) is 0 Å². The van der Waals surface area contributed by atoms with Crippen molar-refractivity contribution in [3.05, 3.63) is 0 Å². The maximum Gasteiger partial charge on any atom is 0.236 e. The van der Waals surface area contributed by atoms with E-state index in [1.807, 2.05) is 6.92 Å². The number of aliphatic hydroxyl groups is 1. The van der Waals surface area contributed by atoms with E-state index in [0.29, 0.717) is 32.7 Å². The van der Waals surface area contributed by atoms with Crippen molar-refractivity contribution in [1.82, 2.24) is 10.6 Å². The van der Waals surface area contributed by atoms with Gasteiger partial charge in [-0.15, -0.1) is 0 Å². The molecule has 0 saturated carbocycles. The number of methoxy groups -OCH3 is 1. The van der Waals surface area contributed by atoms with Crippen LogP contribution in [0.15, 0.2) is 0 Å². The standard InChI is InChI=1S/C13H26N2O4/c1-10(12(16)14-6-4-7-18-3)15-9-13(17)5-8-19-11(13)2/h10-11,15,17H,4-9H2,1-3H3,(H,14,16).